The van der Waals surface area contributed by atoms with E-state index < -0.39 is 41.4 Å². The van der Waals surface area contributed by atoms with Crippen LogP contribution in [-0.4, -0.2) is 64.8 Å². The van der Waals surface area contributed by atoms with Gasteiger partial charge < -0.3 is 10.6 Å². The maximum Gasteiger partial charge on any atom is 0.416 e. The van der Waals surface area contributed by atoms with Gasteiger partial charge in [-0.15, -0.1) is 0 Å². The van der Waals surface area contributed by atoms with Gasteiger partial charge in [0.25, 0.3) is 5.91 Å². The van der Waals surface area contributed by atoms with Crippen LogP contribution in [0.2, 0.25) is 0 Å². The summed E-state index contributed by atoms with van der Waals surface area (Å²) in [5, 5.41) is 13.3. The summed E-state index contributed by atoms with van der Waals surface area (Å²) in [6, 6.07) is 6.36. The van der Waals surface area contributed by atoms with E-state index in [1.54, 1.807) is 18.2 Å². The van der Waals surface area contributed by atoms with Gasteiger partial charge in [-0.3, -0.25) is 19.6 Å². The number of aliphatic imine (C=N–C) groups is 1. The lowest BCUT2D eigenvalue weighted by atomic mass is 9.92. The number of H-pyrrole nitrogens is 1. The van der Waals surface area contributed by atoms with E-state index in [1.165, 1.54) is 6.20 Å². The molecular weight excluding hydrogens is 574 g/mol. The highest BCUT2D eigenvalue weighted by Crippen LogP contribution is 2.41. The molecule has 0 atom stereocenters. The largest absolute Gasteiger partial charge is 0.416 e. The average molecular weight is 597 g/mol. The van der Waals surface area contributed by atoms with Crippen molar-refractivity contribution in [3.8, 4) is 0 Å². The van der Waals surface area contributed by atoms with Gasteiger partial charge in [0.1, 0.15) is 0 Å². The van der Waals surface area contributed by atoms with Crippen molar-refractivity contribution >= 4 is 45.2 Å². The van der Waals surface area contributed by atoms with Crippen LogP contribution >= 0.6 is 11.8 Å². The number of nitrogens with zero attached hydrogens (tertiary/aromatic N) is 3. The zero-order chi connectivity index (χ0) is 29.4. The van der Waals surface area contributed by atoms with E-state index in [0.717, 1.165) is 17.8 Å². The van der Waals surface area contributed by atoms with E-state index in [-0.39, 0.29) is 34.2 Å². The molecule has 3 heterocycles. The highest BCUT2D eigenvalue weighted by atomic mass is 32.2. The quantitative estimate of drug-likeness (QED) is 0.291. The van der Waals surface area contributed by atoms with Crippen LogP contribution in [0.25, 0.3) is 16.5 Å². The lowest BCUT2D eigenvalue weighted by Gasteiger charge is -2.26. The second kappa shape index (κ2) is 11.2. The lowest BCUT2D eigenvalue weighted by Crippen LogP contribution is -2.49. The van der Waals surface area contributed by atoms with E-state index in [1.807, 2.05) is 4.90 Å². The number of thioether (sulfide) groups is 1. The summed E-state index contributed by atoms with van der Waals surface area (Å²) < 4.78 is 81.5. The molecule has 0 spiro atoms. The molecule has 0 saturated carbocycles. The number of hydrogen-bond acceptors (Lipinski definition) is 6. The smallest absolute Gasteiger partial charge is 0.363 e. The molecular formula is C26H22F6N6O2S. The van der Waals surface area contributed by atoms with Crippen molar-refractivity contribution < 1.29 is 35.9 Å². The SMILES string of the molecule is O=C1CN(CCNC2=NC(=O)C(=C(Cc3ccc(C(F)(F)F)cc3C(F)(F)F)c3ccc4[nH]ncc4c3)S2)CCN1. The maximum absolute atomic E-state index is 13.9. The fourth-order valence-electron chi connectivity index (χ4n) is 4.58. The number of hydrogen-bond donors (Lipinski definition) is 3. The molecule has 3 N–H and O–H groups in total. The third-order valence-electron chi connectivity index (χ3n) is 6.59. The molecule has 1 aromatic heterocycles. The first-order chi connectivity index (χ1) is 19.4. The molecule has 8 nitrogen and oxygen atoms in total. The molecule has 0 unspecified atom stereocenters. The average Bonchev–Trinajstić information content (AvgIpc) is 3.52. The normalized spacial score (nSPS) is 18.0. The molecule has 0 radical (unpaired) electrons. The van der Waals surface area contributed by atoms with Gasteiger partial charge in [0.15, 0.2) is 5.17 Å². The molecule has 0 aliphatic carbocycles. The second-order valence-corrected chi connectivity index (χ2v) is 10.4. The van der Waals surface area contributed by atoms with Crippen LogP contribution in [0, 0.1) is 0 Å². The van der Waals surface area contributed by atoms with Crippen molar-refractivity contribution in [2.24, 2.45) is 4.99 Å². The standard InChI is InChI=1S/C26H22F6N6O2S/c27-25(28,29)17-3-1-15(19(11-17)26(30,31)32)10-18(14-2-4-20-16(9-14)12-35-37-20)22-23(40)36-24(41-22)34-6-8-38-7-5-33-21(39)13-38/h1-4,9,11-12H,5-8,10,13H2,(H,33,39)(H,35,37)(H,34,36,40). The van der Waals surface area contributed by atoms with Crippen LogP contribution in [0.3, 0.4) is 0 Å². The zero-order valence-corrected chi connectivity index (χ0v) is 21.9. The van der Waals surface area contributed by atoms with Gasteiger partial charge in [0.2, 0.25) is 5.91 Å². The van der Waals surface area contributed by atoms with E-state index in [4.69, 9.17) is 0 Å². The van der Waals surface area contributed by atoms with Crippen LogP contribution in [0.15, 0.2) is 52.5 Å². The van der Waals surface area contributed by atoms with Crippen molar-refractivity contribution in [2.45, 2.75) is 18.8 Å². The number of fused-ring (bicyclic) bond motifs is 1. The molecule has 2 aliphatic rings. The minimum atomic E-state index is -5.07. The molecule has 15 heteroatoms. The number of carbonyl (C=O) groups is 2. The molecule has 2 amide bonds. The molecule has 2 aliphatic heterocycles. The maximum atomic E-state index is 13.9. The number of nitrogens with one attached hydrogen (secondary N) is 3. The van der Waals surface area contributed by atoms with Crippen molar-refractivity contribution in [1.29, 1.82) is 0 Å². The Kier molecular flexibility index (Phi) is 7.83. The molecule has 41 heavy (non-hydrogen) atoms. The summed E-state index contributed by atoms with van der Waals surface area (Å²) >= 11 is 0.943. The van der Waals surface area contributed by atoms with E-state index in [2.05, 4.69) is 25.8 Å². The first kappa shape index (κ1) is 28.7. The highest BCUT2D eigenvalue weighted by Gasteiger charge is 2.38. The summed E-state index contributed by atoms with van der Waals surface area (Å²) in [4.78, 5) is 30.6. The third kappa shape index (κ3) is 6.56. The lowest BCUT2D eigenvalue weighted by molar-refractivity contribution is -0.143. The molecule has 2 aromatic carbocycles. The first-order valence-corrected chi connectivity index (χ1v) is 13.2. The number of alkyl halides is 6. The van der Waals surface area contributed by atoms with Crippen molar-refractivity contribution in [1.82, 2.24) is 25.7 Å². The molecule has 3 aromatic rings. The fourth-order valence-corrected chi connectivity index (χ4v) is 5.52. The molecule has 5 rings (SSSR count). The molecule has 1 fully saturated rings. The summed E-state index contributed by atoms with van der Waals surface area (Å²) in [7, 11) is 0. The van der Waals surface area contributed by atoms with Crippen molar-refractivity contribution in [3.63, 3.8) is 0 Å². The topological polar surface area (TPSA) is 102 Å². The zero-order valence-electron chi connectivity index (χ0n) is 21.1. The first-order valence-electron chi connectivity index (χ1n) is 12.4. The van der Waals surface area contributed by atoms with Gasteiger partial charge in [0, 0.05) is 31.6 Å². The van der Waals surface area contributed by atoms with Gasteiger partial charge in [-0.05, 0) is 59.1 Å². The van der Waals surface area contributed by atoms with Crippen LogP contribution in [0.4, 0.5) is 26.3 Å². The van der Waals surface area contributed by atoms with Gasteiger partial charge in [0.05, 0.1) is 34.3 Å². The fraction of sp³-hybridized carbons (Fsp3) is 0.308. The Hall–Kier alpha value is -3.85. The Morgan fingerprint density at radius 1 is 1.05 bits per heavy atom. The number of aromatic nitrogens is 2. The summed E-state index contributed by atoms with van der Waals surface area (Å²) in [6.45, 7) is 2.26. The van der Waals surface area contributed by atoms with Gasteiger partial charge in [-0.1, -0.05) is 12.1 Å². The number of rotatable bonds is 6. The minimum absolute atomic E-state index is 0.0562. The number of amides is 2. The highest BCUT2D eigenvalue weighted by molar-refractivity contribution is 8.18. The number of benzene rings is 2. The Labute approximate surface area is 233 Å². The van der Waals surface area contributed by atoms with Crippen LogP contribution in [0.1, 0.15) is 22.3 Å². The number of aromatic amines is 1. The Morgan fingerprint density at radius 3 is 2.59 bits per heavy atom. The van der Waals surface area contributed by atoms with Crippen molar-refractivity contribution in [3.05, 3.63) is 69.8 Å². The number of piperazine rings is 1. The number of allylic oxidation sites excluding steroid dienone is 1. The van der Waals surface area contributed by atoms with E-state index >= 15 is 0 Å². The monoisotopic (exact) mass is 596 g/mol. The Morgan fingerprint density at radius 2 is 1.85 bits per heavy atom. The van der Waals surface area contributed by atoms with Crippen LogP contribution < -0.4 is 10.6 Å². The van der Waals surface area contributed by atoms with Crippen molar-refractivity contribution in [2.75, 3.05) is 32.7 Å². The van der Waals surface area contributed by atoms with Gasteiger partial charge >= 0.3 is 12.4 Å². The van der Waals surface area contributed by atoms with E-state index in [0.29, 0.717) is 48.7 Å². The minimum Gasteiger partial charge on any atom is -0.363 e. The summed E-state index contributed by atoms with van der Waals surface area (Å²) in [5.41, 5.74) is -2.04. The van der Waals surface area contributed by atoms with Crippen LogP contribution in [-0.2, 0) is 28.4 Å². The predicted octanol–water partition coefficient (Wildman–Crippen LogP) is 4.21. The Balaban J connectivity index is 1.47. The van der Waals surface area contributed by atoms with E-state index in [9.17, 15) is 35.9 Å². The van der Waals surface area contributed by atoms with Gasteiger partial charge in [-0.25, -0.2) is 0 Å². The third-order valence-corrected chi connectivity index (χ3v) is 7.64. The number of carbonyl (C=O) groups excluding carboxylic acids is 2. The molecule has 1 saturated heterocycles. The predicted molar refractivity (Wildman–Crippen MR) is 141 cm³/mol. The van der Waals surface area contributed by atoms with Gasteiger partial charge in [-0.2, -0.15) is 36.4 Å². The van der Waals surface area contributed by atoms with Crippen LogP contribution in [0.5, 0.6) is 0 Å². The summed E-state index contributed by atoms with van der Waals surface area (Å²) in [6.07, 6.45) is -9.00. The molecule has 0 bridgehead atoms. The molecule has 216 valence electrons. The number of halogens is 6. The Bertz CT molecular complexity index is 1560. The second-order valence-electron chi connectivity index (χ2n) is 9.40. The summed E-state index contributed by atoms with van der Waals surface area (Å²) in [5.74, 6) is -0.775. The number of amidine groups is 1.